The highest BCUT2D eigenvalue weighted by atomic mass is 32.1. The standard InChI is InChI=1S/C21H25N5O4S.C16H17N5O2S/c1-21(2,3)26(20(29)30)13-5-4-12(10-13)23-16-7-6-14(11-22-16)25-18(27)17-15(8-9-31-17)24-19(25)28;17-9-1-2-10(7-9)19-13-4-3-11(8-18-13)21-15(22)14-12(5-6-24-14)20-16(21)23/h6-9,11-13H,4-5,10H2,1-3H3,(H,22,23)(H,24,28)(H,29,30);3-6,8-10H,1-2,7,17H2,(H,18,19)(H,20,23)/t12-,13-;9-,10-/m00/s1. The Morgan fingerprint density at radius 2 is 1.27 bits per heavy atom. The fourth-order valence-corrected chi connectivity index (χ4v) is 8.99. The van der Waals surface area contributed by atoms with E-state index in [1.165, 1.54) is 40.0 Å². The van der Waals surface area contributed by atoms with Gasteiger partial charge in [-0.15, -0.1) is 22.7 Å². The van der Waals surface area contributed by atoms with E-state index < -0.39 is 23.0 Å². The smallest absolute Gasteiger partial charge is 0.407 e. The third-order valence-corrected chi connectivity index (χ3v) is 11.7. The van der Waals surface area contributed by atoms with Gasteiger partial charge in [0.2, 0.25) is 0 Å². The van der Waals surface area contributed by atoms with E-state index in [0.717, 1.165) is 47.1 Å². The maximum absolute atomic E-state index is 12.7. The highest BCUT2D eigenvalue weighted by Gasteiger charge is 2.38. The maximum Gasteiger partial charge on any atom is 0.407 e. The number of anilines is 2. The van der Waals surface area contributed by atoms with Crippen molar-refractivity contribution in [1.82, 2.24) is 34.0 Å². The molecule has 0 saturated heterocycles. The topological polar surface area (TPSA) is 226 Å². The van der Waals surface area contributed by atoms with Gasteiger partial charge in [0.05, 0.1) is 34.8 Å². The Balaban J connectivity index is 0.000000174. The number of hydrogen-bond donors (Lipinski definition) is 6. The summed E-state index contributed by atoms with van der Waals surface area (Å²) in [5.74, 6) is 1.34. The van der Waals surface area contributed by atoms with Crippen LogP contribution in [0.5, 0.6) is 0 Å². The zero-order valence-corrected chi connectivity index (χ0v) is 32.1. The minimum Gasteiger partial charge on any atom is -0.465 e. The molecule has 2 aliphatic carbocycles. The second-order valence-corrected chi connectivity index (χ2v) is 16.6. The molecule has 7 N–H and O–H groups in total. The van der Waals surface area contributed by atoms with Crippen molar-refractivity contribution >= 4 is 60.8 Å². The number of thiophene rings is 2. The van der Waals surface area contributed by atoms with Crippen LogP contribution in [0.1, 0.15) is 59.3 Å². The van der Waals surface area contributed by atoms with Gasteiger partial charge in [-0.2, -0.15) is 0 Å². The van der Waals surface area contributed by atoms with Crippen LogP contribution < -0.4 is 38.9 Å². The maximum atomic E-state index is 12.7. The normalized spacial score (nSPS) is 19.6. The highest BCUT2D eigenvalue weighted by Crippen LogP contribution is 2.31. The molecule has 6 heterocycles. The van der Waals surface area contributed by atoms with Gasteiger partial charge in [0, 0.05) is 29.7 Å². The number of amides is 1. The molecule has 2 fully saturated rings. The average molecular weight is 787 g/mol. The molecule has 16 nitrogen and oxygen atoms in total. The van der Waals surface area contributed by atoms with Crippen LogP contribution in [0.3, 0.4) is 0 Å². The molecule has 6 aromatic rings. The number of aromatic nitrogens is 6. The van der Waals surface area contributed by atoms with Gasteiger partial charge in [-0.25, -0.2) is 33.5 Å². The predicted octanol–water partition coefficient (Wildman–Crippen LogP) is 4.67. The summed E-state index contributed by atoms with van der Waals surface area (Å²) in [6.07, 6.45) is 7.40. The quantitative estimate of drug-likeness (QED) is 0.130. The fourth-order valence-electron chi connectivity index (χ4n) is 7.43. The molecular weight excluding hydrogens is 745 g/mol. The number of pyridine rings is 2. The van der Waals surface area contributed by atoms with Gasteiger partial charge in [-0.05, 0) is 106 Å². The van der Waals surface area contributed by atoms with Crippen molar-refractivity contribution in [1.29, 1.82) is 0 Å². The first-order valence-corrected chi connectivity index (χ1v) is 19.7. The Bertz CT molecular complexity index is 2570. The van der Waals surface area contributed by atoms with Crippen LogP contribution in [-0.2, 0) is 0 Å². The minimum absolute atomic E-state index is 0.0519. The molecule has 1 amide bonds. The van der Waals surface area contributed by atoms with Crippen molar-refractivity contribution in [3.8, 4) is 11.4 Å². The summed E-state index contributed by atoms with van der Waals surface area (Å²) in [4.78, 5) is 77.1. The summed E-state index contributed by atoms with van der Waals surface area (Å²) >= 11 is 2.59. The number of fused-ring (bicyclic) bond motifs is 2. The fraction of sp³-hybridized carbons (Fsp3) is 0.378. The van der Waals surface area contributed by atoms with E-state index >= 15 is 0 Å². The molecule has 0 unspecified atom stereocenters. The first kappa shape index (κ1) is 37.7. The summed E-state index contributed by atoms with van der Waals surface area (Å²) in [6, 6.07) is 11.0. The molecule has 0 bridgehead atoms. The molecule has 288 valence electrons. The first-order chi connectivity index (χ1) is 26.3. The lowest BCUT2D eigenvalue weighted by atomic mass is 10.0. The minimum atomic E-state index is -0.904. The molecule has 2 aliphatic rings. The van der Waals surface area contributed by atoms with E-state index in [1.54, 1.807) is 47.2 Å². The number of nitrogens with two attached hydrogens (primary N) is 1. The Morgan fingerprint density at radius 1 is 0.782 bits per heavy atom. The first-order valence-electron chi connectivity index (χ1n) is 18.0. The second-order valence-electron chi connectivity index (χ2n) is 14.8. The van der Waals surface area contributed by atoms with Crippen LogP contribution in [-0.4, -0.2) is 74.9 Å². The van der Waals surface area contributed by atoms with Gasteiger partial charge in [-0.1, -0.05) is 0 Å². The van der Waals surface area contributed by atoms with E-state index in [4.69, 9.17) is 5.73 Å². The third kappa shape index (κ3) is 7.97. The number of H-pyrrole nitrogens is 2. The van der Waals surface area contributed by atoms with Crippen molar-refractivity contribution < 1.29 is 9.90 Å². The van der Waals surface area contributed by atoms with Crippen LogP contribution in [0.25, 0.3) is 31.8 Å². The van der Waals surface area contributed by atoms with Crippen LogP contribution in [0.2, 0.25) is 0 Å². The van der Waals surface area contributed by atoms with Crippen molar-refractivity contribution in [3.05, 3.63) is 101 Å². The van der Waals surface area contributed by atoms with Crippen LogP contribution in [0.15, 0.2) is 78.7 Å². The summed E-state index contributed by atoms with van der Waals surface area (Å²) in [6.45, 7) is 5.71. The average Bonchev–Trinajstić information content (AvgIpc) is 3.95. The van der Waals surface area contributed by atoms with Gasteiger partial charge in [-0.3, -0.25) is 9.59 Å². The van der Waals surface area contributed by atoms with E-state index in [1.807, 2.05) is 20.8 Å². The van der Waals surface area contributed by atoms with E-state index in [-0.39, 0.29) is 29.2 Å². The van der Waals surface area contributed by atoms with Gasteiger partial charge in [0.1, 0.15) is 21.0 Å². The predicted molar refractivity (Wildman–Crippen MR) is 216 cm³/mol. The molecule has 2 saturated carbocycles. The molecule has 0 radical (unpaired) electrons. The van der Waals surface area contributed by atoms with E-state index in [0.29, 0.717) is 50.1 Å². The molecule has 55 heavy (non-hydrogen) atoms. The van der Waals surface area contributed by atoms with Crippen LogP contribution in [0, 0.1) is 0 Å². The SMILES string of the molecule is CC(C)(C)N(C(=O)O)[C@H]1CC[C@H](Nc2ccc(-n3c(=O)[nH]c4ccsc4c3=O)cn2)C1.N[C@H]1CC[C@H](Nc2ccc(-n3c(=O)[nH]c4ccsc4c3=O)cn2)C1. The highest BCUT2D eigenvalue weighted by molar-refractivity contribution is 7.17. The molecule has 8 rings (SSSR count). The Hall–Kier alpha value is -5.59. The molecular formula is C37H42N10O6S2. The molecule has 4 atom stereocenters. The Labute approximate surface area is 321 Å². The Kier molecular flexibility index (Phi) is 10.5. The number of nitrogens with one attached hydrogen (secondary N) is 4. The molecule has 0 aromatic carbocycles. The molecule has 0 aliphatic heterocycles. The van der Waals surface area contributed by atoms with E-state index in [9.17, 15) is 29.1 Å². The van der Waals surface area contributed by atoms with Crippen molar-refractivity contribution in [3.63, 3.8) is 0 Å². The van der Waals surface area contributed by atoms with Crippen LogP contribution in [0.4, 0.5) is 16.4 Å². The largest absolute Gasteiger partial charge is 0.465 e. The number of rotatable bonds is 7. The molecule has 0 spiro atoms. The summed E-state index contributed by atoms with van der Waals surface area (Å²) in [7, 11) is 0. The summed E-state index contributed by atoms with van der Waals surface area (Å²) in [5.41, 5.74) is 5.72. The number of hydrogen-bond acceptors (Lipinski definition) is 12. The number of nitrogens with zero attached hydrogens (tertiary/aromatic N) is 5. The van der Waals surface area contributed by atoms with Gasteiger partial charge in [0.15, 0.2) is 0 Å². The van der Waals surface area contributed by atoms with Crippen LogP contribution >= 0.6 is 22.7 Å². The van der Waals surface area contributed by atoms with Gasteiger partial charge >= 0.3 is 17.5 Å². The lowest BCUT2D eigenvalue weighted by Gasteiger charge is -2.38. The summed E-state index contributed by atoms with van der Waals surface area (Å²) in [5, 5.41) is 19.9. The summed E-state index contributed by atoms with van der Waals surface area (Å²) < 4.78 is 3.20. The number of aromatic amines is 2. The number of carbonyl (C=O) groups is 1. The Morgan fingerprint density at radius 3 is 1.69 bits per heavy atom. The number of carboxylic acid groups (broad SMARTS) is 1. The van der Waals surface area contributed by atoms with Gasteiger partial charge < -0.3 is 36.3 Å². The molecule has 18 heteroatoms. The lowest BCUT2D eigenvalue weighted by Crippen LogP contribution is -2.50. The second kappa shape index (κ2) is 15.3. The zero-order chi connectivity index (χ0) is 39.0. The molecule has 6 aromatic heterocycles. The third-order valence-electron chi connectivity index (χ3n) is 9.90. The lowest BCUT2D eigenvalue weighted by molar-refractivity contribution is 0.0718. The van der Waals surface area contributed by atoms with Crippen molar-refractivity contribution in [2.45, 2.75) is 89.0 Å². The van der Waals surface area contributed by atoms with Gasteiger partial charge in [0.25, 0.3) is 11.1 Å². The van der Waals surface area contributed by atoms with E-state index in [2.05, 4.69) is 30.6 Å². The van der Waals surface area contributed by atoms with Crippen molar-refractivity contribution in [2.24, 2.45) is 5.73 Å². The monoisotopic (exact) mass is 786 g/mol. The zero-order valence-electron chi connectivity index (χ0n) is 30.4. The van der Waals surface area contributed by atoms with Crippen molar-refractivity contribution in [2.75, 3.05) is 10.6 Å².